The largest absolute Gasteiger partial charge is 0.346 e. The van der Waals surface area contributed by atoms with E-state index in [0.717, 1.165) is 55.4 Å². The first kappa shape index (κ1) is 19.3. The Morgan fingerprint density at radius 1 is 0.677 bits per heavy atom. The van der Waals surface area contributed by atoms with Gasteiger partial charge in [0.2, 0.25) is 0 Å². The van der Waals surface area contributed by atoms with Crippen LogP contribution in [0, 0.1) is 0 Å². The summed E-state index contributed by atoms with van der Waals surface area (Å²) in [4.78, 5) is 22.2. The van der Waals surface area contributed by atoms with Crippen molar-refractivity contribution in [3.05, 3.63) is 71.8 Å². The number of nitrogens with one attached hydrogen (secondary N) is 2. The van der Waals surface area contributed by atoms with Gasteiger partial charge in [-0.15, -0.1) is 12.4 Å². The van der Waals surface area contributed by atoms with E-state index in [1.165, 1.54) is 0 Å². The number of hydrogen-bond donors (Lipinski definition) is 2. The van der Waals surface area contributed by atoms with E-state index >= 15 is 0 Å². The lowest BCUT2D eigenvalue weighted by Gasteiger charge is -2.17. The smallest absolute Gasteiger partial charge is 0.141 e. The van der Waals surface area contributed by atoms with Crippen molar-refractivity contribution < 1.29 is 4.79 Å². The molecule has 4 aromatic rings. The van der Waals surface area contributed by atoms with Gasteiger partial charge in [-0.05, 0) is 34.0 Å². The summed E-state index contributed by atoms with van der Waals surface area (Å²) in [5, 5.41) is 10.8. The average molecular weight is 427 g/mol. The molecule has 31 heavy (non-hydrogen) atoms. The topological polar surface area (TPSA) is 65.8 Å². The second-order valence-corrected chi connectivity index (χ2v) is 7.65. The van der Waals surface area contributed by atoms with E-state index < -0.39 is 0 Å². The number of nitrogens with zero attached hydrogens (tertiary/aromatic N) is 2. The summed E-state index contributed by atoms with van der Waals surface area (Å²) >= 11 is 0. The van der Waals surface area contributed by atoms with Crippen LogP contribution in [-0.2, 0) is 17.6 Å². The molecule has 0 unspecified atom stereocenters. The Kier molecular flexibility index (Phi) is 4.68. The minimum absolute atomic E-state index is 0. The van der Waals surface area contributed by atoms with Gasteiger partial charge in [0.05, 0.1) is 24.1 Å². The maximum atomic E-state index is 13.1. The summed E-state index contributed by atoms with van der Waals surface area (Å²) in [6.45, 7) is 0. The molecule has 0 bridgehead atoms. The van der Waals surface area contributed by atoms with Crippen molar-refractivity contribution in [2.24, 2.45) is 9.98 Å². The van der Waals surface area contributed by atoms with E-state index in [4.69, 9.17) is 0 Å². The zero-order valence-corrected chi connectivity index (χ0v) is 17.4. The maximum absolute atomic E-state index is 13.1. The lowest BCUT2D eigenvalue weighted by atomic mass is 9.94. The predicted molar refractivity (Wildman–Crippen MR) is 131 cm³/mol. The van der Waals surface area contributed by atoms with Gasteiger partial charge in [-0.1, -0.05) is 48.5 Å². The first-order chi connectivity index (χ1) is 14.8. The molecule has 5 nitrogen and oxygen atoms in total. The van der Waals surface area contributed by atoms with Gasteiger partial charge in [0, 0.05) is 35.0 Å². The molecule has 0 fully saturated rings. The lowest BCUT2D eigenvalue weighted by molar-refractivity contribution is -0.117. The normalized spacial score (nSPS) is 12.9. The molecule has 2 aliphatic rings. The van der Waals surface area contributed by atoms with Crippen molar-refractivity contribution in [1.82, 2.24) is 0 Å². The van der Waals surface area contributed by atoms with E-state index in [1.54, 1.807) is 12.7 Å². The molecule has 0 atom stereocenters. The zero-order chi connectivity index (χ0) is 20.1. The molecule has 152 valence electrons. The molecule has 4 aromatic carbocycles. The summed E-state index contributed by atoms with van der Waals surface area (Å²) in [6, 6.07) is 20.4. The summed E-state index contributed by atoms with van der Waals surface area (Å²) in [6.07, 6.45) is 4.08. The fourth-order valence-electron chi connectivity index (χ4n) is 4.45. The molecular formula is C25H19ClN4O. The van der Waals surface area contributed by atoms with Crippen LogP contribution in [0.4, 0.5) is 22.7 Å². The first-order valence-corrected chi connectivity index (χ1v) is 9.97. The average Bonchev–Trinajstić information content (AvgIpc) is 2.78. The third-order valence-electron chi connectivity index (χ3n) is 5.81. The van der Waals surface area contributed by atoms with E-state index in [1.807, 2.05) is 36.4 Å². The van der Waals surface area contributed by atoms with Gasteiger partial charge < -0.3 is 10.6 Å². The predicted octanol–water partition coefficient (Wildman–Crippen LogP) is 5.94. The molecule has 2 N–H and O–H groups in total. The first-order valence-electron chi connectivity index (χ1n) is 9.97. The van der Waals surface area contributed by atoms with E-state index in [-0.39, 0.29) is 18.2 Å². The summed E-state index contributed by atoms with van der Waals surface area (Å²) in [7, 11) is 0. The molecule has 6 heteroatoms. The molecule has 0 amide bonds. The fraction of sp³-hybridized carbons (Fsp3) is 0.0800. The monoisotopic (exact) mass is 426 g/mol. The fourth-order valence-corrected chi connectivity index (χ4v) is 4.45. The van der Waals surface area contributed by atoms with Crippen LogP contribution < -0.4 is 10.6 Å². The molecule has 6 rings (SSSR count). The third kappa shape index (κ3) is 3.14. The second kappa shape index (κ2) is 7.52. The highest BCUT2D eigenvalue weighted by Gasteiger charge is 2.18. The molecular weight excluding hydrogens is 408 g/mol. The standard InChI is InChI=1S/C25H18N4O.ClH/c30-19(11-17-9-7-15-3-1-5-20-22(15)24(17)28-13-26-20)12-18-10-8-16-4-2-6-21-23(16)25(18)29-14-27-21;/h1-10,13-14H,11-12H2,(H,26,28)(H,27,29);1H. The Morgan fingerprint density at radius 2 is 1.16 bits per heavy atom. The van der Waals surface area contributed by atoms with Crippen molar-refractivity contribution >= 4 is 75.2 Å². The van der Waals surface area contributed by atoms with Crippen LogP contribution in [0.1, 0.15) is 11.1 Å². The molecule has 0 saturated heterocycles. The van der Waals surface area contributed by atoms with Gasteiger partial charge in [-0.25, -0.2) is 9.98 Å². The Morgan fingerprint density at radius 3 is 1.65 bits per heavy atom. The third-order valence-corrected chi connectivity index (χ3v) is 5.81. The number of Topliss-reactive ketones (excluding diaryl/α,β-unsaturated/α-hetero) is 1. The molecule has 0 aliphatic carbocycles. The number of carbonyl (C=O) groups is 1. The molecule has 2 heterocycles. The van der Waals surface area contributed by atoms with Gasteiger partial charge in [0.15, 0.2) is 0 Å². The minimum Gasteiger partial charge on any atom is -0.346 e. The van der Waals surface area contributed by atoms with Crippen molar-refractivity contribution in [3.8, 4) is 0 Å². The van der Waals surface area contributed by atoms with Crippen molar-refractivity contribution in [2.45, 2.75) is 12.8 Å². The summed E-state index contributed by atoms with van der Waals surface area (Å²) in [5.41, 5.74) is 5.75. The maximum Gasteiger partial charge on any atom is 0.141 e. The Hall–Kier alpha value is -3.70. The van der Waals surface area contributed by atoms with Crippen LogP contribution in [0.3, 0.4) is 0 Å². The quantitative estimate of drug-likeness (QED) is 0.424. The second-order valence-electron chi connectivity index (χ2n) is 7.65. The number of halogens is 1. The lowest BCUT2D eigenvalue weighted by Crippen LogP contribution is -2.09. The molecule has 0 spiro atoms. The highest BCUT2D eigenvalue weighted by atomic mass is 35.5. The molecule has 0 radical (unpaired) electrons. The Balaban J connectivity index is 0.00000204. The van der Waals surface area contributed by atoms with E-state index in [2.05, 4.69) is 44.9 Å². The van der Waals surface area contributed by atoms with Crippen LogP contribution in [-0.4, -0.2) is 18.5 Å². The number of benzene rings is 4. The Labute approximate surface area is 185 Å². The minimum atomic E-state index is 0. The Bertz CT molecular complexity index is 1320. The number of rotatable bonds is 4. The molecule has 2 aliphatic heterocycles. The number of ketones is 1. The van der Waals surface area contributed by atoms with Crippen molar-refractivity contribution in [2.75, 3.05) is 10.6 Å². The number of anilines is 2. The van der Waals surface area contributed by atoms with Crippen LogP contribution in [0.15, 0.2) is 70.6 Å². The van der Waals surface area contributed by atoms with E-state index in [9.17, 15) is 4.79 Å². The summed E-state index contributed by atoms with van der Waals surface area (Å²) < 4.78 is 0. The van der Waals surface area contributed by atoms with Crippen molar-refractivity contribution in [3.63, 3.8) is 0 Å². The van der Waals surface area contributed by atoms with Crippen molar-refractivity contribution in [1.29, 1.82) is 0 Å². The van der Waals surface area contributed by atoms with Gasteiger partial charge in [-0.2, -0.15) is 0 Å². The van der Waals surface area contributed by atoms with E-state index in [0.29, 0.717) is 12.8 Å². The number of hydrogen-bond acceptors (Lipinski definition) is 5. The van der Waals surface area contributed by atoms with Crippen LogP contribution in [0.25, 0.3) is 21.5 Å². The summed E-state index contributed by atoms with van der Waals surface area (Å²) in [5.74, 6) is 0.152. The van der Waals surface area contributed by atoms with Crippen LogP contribution >= 0.6 is 12.4 Å². The van der Waals surface area contributed by atoms with Gasteiger partial charge >= 0.3 is 0 Å². The zero-order valence-electron chi connectivity index (χ0n) is 16.6. The van der Waals surface area contributed by atoms with Crippen LogP contribution in [0.2, 0.25) is 0 Å². The SMILES string of the molecule is Cl.O=C(Cc1ccc2cccc3c2c1N=CN3)Cc1ccc2cccc3c2c1N=CN3. The number of carbonyl (C=O) groups excluding carboxylic acids is 1. The van der Waals surface area contributed by atoms with Gasteiger partial charge in [-0.3, -0.25) is 4.79 Å². The highest BCUT2D eigenvalue weighted by Crippen LogP contribution is 2.39. The molecule has 0 aromatic heterocycles. The van der Waals surface area contributed by atoms with Gasteiger partial charge in [0.25, 0.3) is 0 Å². The number of aliphatic imine (C=N–C) groups is 2. The molecule has 0 saturated carbocycles. The highest BCUT2D eigenvalue weighted by molar-refractivity contribution is 6.11. The van der Waals surface area contributed by atoms with Crippen LogP contribution in [0.5, 0.6) is 0 Å². The van der Waals surface area contributed by atoms with Gasteiger partial charge in [0.1, 0.15) is 5.78 Å².